The molecule has 3 heterocycles. The molecule has 0 aliphatic carbocycles. The summed E-state index contributed by atoms with van der Waals surface area (Å²) in [4.78, 5) is 3.13. The molecule has 41 heavy (non-hydrogen) atoms. The van der Waals surface area contributed by atoms with E-state index >= 15 is 0 Å². The molecule has 1 unspecified atom stereocenters. The number of H-pyrrole nitrogens is 1. The molecule has 2 atom stereocenters. The number of aromatic nitrogens is 1. The predicted molar refractivity (Wildman–Crippen MR) is 169 cm³/mol. The molecule has 1 aromatic heterocycles. The van der Waals surface area contributed by atoms with Crippen LogP contribution in [-0.2, 0) is 14.2 Å². The van der Waals surface area contributed by atoms with Crippen LogP contribution >= 0.6 is 0 Å². The number of aliphatic hydroxyl groups is 1. The predicted octanol–water partition coefficient (Wildman–Crippen LogP) is 3.04. The Morgan fingerprint density at radius 3 is 2.54 bits per heavy atom. The maximum Gasteiger partial charge on any atom is 0.170 e. The van der Waals surface area contributed by atoms with Crippen molar-refractivity contribution < 1.29 is 24.1 Å². The molecule has 0 bridgehead atoms. The lowest BCUT2D eigenvalue weighted by Gasteiger charge is -2.15. The van der Waals surface area contributed by atoms with Crippen molar-refractivity contribution in [3.8, 4) is 5.75 Å². The number of aromatic amines is 1. The lowest BCUT2D eigenvalue weighted by Crippen LogP contribution is -2.35. The van der Waals surface area contributed by atoms with Crippen LogP contribution in [0.1, 0.15) is 40.5 Å². The topological polar surface area (TPSA) is 121 Å². The van der Waals surface area contributed by atoms with Crippen LogP contribution in [0.3, 0.4) is 0 Å². The normalized spacial score (nSPS) is 17.2. The van der Waals surface area contributed by atoms with E-state index in [-0.39, 0.29) is 6.29 Å². The van der Waals surface area contributed by atoms with E-state index in [0.29, 0.717) is 25.2 Å². The third-order valence-corrected chi connectivity index (χ3v) is 6.02. The number of hydrogen-bond donors (Lipinski definition) is 6. The monoisotopic (exact) mass is 579 g/mol. The minimum atomic E-state index is -0.499. The van der Waals surface area contributed by atoms with Crippen molar-refractivity contribution in [2.45, 2.75) is 65.0 Å². The van der Waals surface area contributed by atoms with Crippen LogP contribution in [-0.4, -0.2) is 108 Å². The summed E-state index contributed by atoms with van der Waals surface area (Å²) in [6, 6.07) is 8.83. The lowest BCUT2D eigenvalue weighted by atomic mass is 10.2. The van der Waals surface area contributed by atoms with E-state index in [1.807, 2.05) is 58.3 Å². The summed E-state index contributed by atoms with van der Waals surface area (Å²) in [6.45, 7) is 19.1. The SMILES string of the molecule is C=C(C)CNCC.CC(C)NCC(O)COc1cccc2[nH]ccc12.CNCC1OCCO1.COC[C@@H]1CCCN1. The number of likely N-dealkylation sites (N-methyl/N-ethyl adjacent to an activating group) is 2. The molecule has 236 valence electrons. The lowest BCUT2D eigenvalue weighted by molar-refractivity contribution is -0.0378. The van der Waals surface area contributed by atoms with E-state index in [4.69, 9.17) is 18.9 Å². The van der Waals surface area contributed by atoms with Gasteiger partial charge in [0, 0.05) is 55.9 Å². The summed E-state index contributed by atoms with van der Waals surface area (Å²) in [5.41, 5.74) is 2.24. The number of nitrogens with one attached hydrogen (secondary N) is 5. The van der Waals surface area contributed by atoms with Crippen molar-refractivity contribution in [2.75, 3.05) is 73.3 Å². The molecule has 10 nitrogen and oxygen atoms in total. The Hall–Kier alpha value is -2.02. The van der Waals surface area contributed by atoms with Crippen LogP contribution < -0.4 is 26.0 Å². The largest absolute Gasteiger partial charge is 0.490 e. The van der Waals surface area contributed by atoms with Crippen LogP contribution in [0.15, 0.2) is 42.6 Å². The van der Waals surface area contributed by atoms with Gasteiger partial charge in [0.1, 0.15) is 18.5 Å². The van der Waals surface area contributed by atoms with E-state index in [1.54, 1.807) is 7.11 Å². The quantitative estimate of drug-likeness (QED) is 0.199. The van der Waals surface area contributed by atoms with Gasteiger partial charge in [-0.15, -0.1) is 0 Å². The minimum Gasteiger partial charge on any atom is -0.490 e. The van der Waals surface area contributed by atoms with Crippen LogP contribution in [0.2, 0.25) is 0 Å². The molecular formula is C31H57N5O5. The van der Waals surface area contributed by atoms with Gasteiger partial charge in [0.2, 0.25) is 0 Å². The molecule has 10 heteroatoms. The van der Waals surface area contributed by atoms with Crippen LogP contribution in [0.4, 0.5) is 0 Å². The fourth-order valence-electron chi connectivity index (χ4n) is 3.93. The zero-order valence-corrected chi connectivity index (χ0v) is 26.3. The highest BCUT2D eigenvalue weighted by molar-refractivity contribution is 5.85. The van der Waals surface area contributed by atoms with Gasteiger partial charge in [0.05, 0.1) is 19.8 Å². The first-order valence-corrected chi connectivity index (χ1v) is 14.9. The highest BCUT2D eigenvalue weighted by Gasteiger charge is 2.13. The van der Waals surface area contributed by atoms with Crippen molar-refractivity contribution in [1.82, 2.24) is 26.3 Å². The second kappa shape index (κ2) is 23.5. The number of aliphatic hydroxyl groups excluding tert-OH is 1. The van der Waals surface area contributed by atoms with Gasteiger partial charge in [-0.25, -0.2) is 0 Å². The van der Waals surface area contributed by atoms with Gasteiger partial charge in [-0.3, -0.25) is 0 Å². The highest BCUT2D eigenvalue weighted by atomic mass is 16.7. The van der Waals surface area contributed by atoms with E-state index < -0.39 is 6.10 Å². The Balaban J connectivity index is 0.000000305. The number of benzene rings is 1. The Morgan fingerprint density at radius 1 is 1.22 bits per heavy atom. The Bertz CT molecular complexity index is 880. The third kappa shape index (κ3) is 18.2. The summed E-state index contributed by atoms with van der Waals surface area (Å²) in [7, 11) is 3.63. The Morgan fingerprint density at radius 2 is 1.98 bits per heavy atom. The summed E-state index contributed by atoms with van der Waals surface area (Å²) in [5.74, 6) is 0.803. The molecular weight excluding hydrogens is 522 g/mol. The number of methoxy groups -OCH3 is 1. The minimum absolute atomic E-state index is 0.000000000000000222. The number of hydrogen-bond acceptors (Lipinski definition) is 9. The standard InChI is InChI=1S/C14H20N2O2.C6H13NO.C6H13N.C5H11NO2/c1-10(2)16-8-11(17)9-18-14-5-3-4-13-12(14)6-7-15-13;1-8-5-6-3-2-4-7-6;1-4-7-5-6(2)3;1-6-4-5-7-2-3-8-5/h3-7,10-11,15-17H,8-9H2,1-2H3;6-7H,2-5H2,1H3;7H,2,4-5H2,1,3H3;5-6H,2-4H2,1H3/t;6-;;/m.0../s1. The molecule has 2 fully saturated rings. The van der Waals surface area contributed by atoms with Gasteiger partial charge >= 0.3 is 0 Å². The fourth-order valence-corrected chi connectivity index (χ4v) is 3.93. The highest BCUT2D eigenvalue weighted by Crippen LogP contribution is 2.24. The zero-order valence-electron chi connectivity index (χ0n) is 26.3. The van der Waals surface area contributed by atoms with E-state index in [9.17, 15) is 5.11 Å². The first-order chi connectivity index (χ1) is 19.8. The van der Waals surface area contributed by atoms with Gasteiger partial charge < -0.3 is 50.3 Å². The first-order valence-electron chi connectivity index (χ1n) is 14.9. The van der Waals surface area contributed by atoms with Gasteiger partial charge in [-0.05, 0) is 58.1 Å². The molecule has 0 spiro atoms. The molecule has 2 saturated heterocycles. The van der Waals surface area contributed by atoms with E-state index in [2.05, 4.69) is 39.8 Å². The molecule has 2 aliphatic rings. The summed E-state index contributed by atoms with van der Waals surface area (Å²) < 4.78 is 20.8. The molecule has 2 aliphatic heterocycles. The van der Waals surface area contributed by atoms with Gasteiger partial charge in [0.25, 0.3) is 0 Å². The molecule has 2 aromatic rings. The van der Waals surface area contributed by atoms with Crippen LogP contribution in [0, 0.1) is 0 Å². The maximum atomic E-state index is 9.79. The Kier molecular flexibility index (Phi) is 21.2. The maximum absolute atomic E-state index is 9.79. The average molecular weight is 580 g/mol. The number of fused-ring (bicyclic) bond motifs is 1. The second-order valence-corrected chi connectivity index (χ2v) is 10.4. The van der Waals surface area contributed by atoms with Crippen molar-refractivity contribution in [1.29, 1.82) is 0 Å². The van der Waals surface area contributed by atoms with E-state index in [0.717, 1.165) is 56.1 Å². The van der Waals surface area contributed by atoms with Crippen molar-refractivity contribution in [3.05, 3.63) is 42.6 Å². The van der Waals surface area contributed by atoms with Gasteiger partial charge in [-0.2, -0.15) is 0 Å². The molecule has 0 amide bonds. The van der Waals surface area contributed by atoms with Crippen molar-refractivity contribution in [2.24, 2.45) is 0 Å². The zero-order chi connectivity index (χ0) is 30.3. The first kappa shape index (κ1) is 37.0. The molecule has 4 rings (SSSR count). The van der Waals surface area contributed by atoms with Crippen molar-refractivity contribution >= 4 is 10.9 Å². The molecule has 6 N–H and O–H groups in total. The average Bonchev–Trinajstić information content (AvgIpc) is 3.75. The van der Waals surface area contributed by atoms with Gasteiger partial charge in [0.15, 0.2) is 6.29 Å². The van der Waals surface area contributed by atoms with Crippen molar-refractivity contribution in [3.63, 3.8) is 0 Å². The molecule has 1 aromatic carbocycles. The van der Waals surface area contributed by atoms with Gasteiger partial charge in [-0.1, -0.05) is 39.0 Å². The summed E-state index contributed by atoms with van der Waals surface area (Å²) in [5, 5.41) is 23.4. The second-order valence-electron chi connectivity index (χ2n) is 10.4. The summed E-state index contributed by atoms with van der Waals surface area (Å²) in [6.07, 6.45) is 3.98. The van der Waals surface area contributed by atoms with Crippen LogP contribution in [0.25, 0.3) is 10.9 Å². The number of ether oxygens (including phenoxy) is 4. The fraction of sp³-hybridized carbons (Fsp3) is 0.677. The smallest absolute Gasteiger partial charge is 0.170 e. The third-order valence-electron chi connectivity index (χ3n) is 6.02. The Labute approximate surface area is 247 Å². The molecule has 0 saturated carbocycles. The van der Waals surface area contributed by atoms with Crippen LogP contribution in [0.5, 0.6) is 5.75 Å². The van der Waals surface area contributed by atoms with E-state index in [1.165, 1.54) is 25.0 Å². The number of rotatable bonds is 13. The summed E-state index contributed by atoms with van der Waals surface area (Å²) >= 11 is 0. The molecule has 0 radical (unpaired) electrons.